The number of nitriles is 1. The molecule has 0 spiro atoms. The Kier molecular flexibility index (Phi) is 5.83. The Balaban J connectivity index is 1.75. The van der Waals surface area contributed by atoms with Gasteiger partial charge in [0.2, 0.25) is 10.0 Å². The Morgan fingerprint density at radius 3 is 2.38 bits per heavy atom. The molecule has 0 atom stereocenters. The molecular weight excluding hydrogens is 334 g/mol. The van der Waals surface area contributed by atoms with Crippen LogP contribution in [0.3, 0.4) is 0 Å². The molecule has 1 N–H and O–H groups in total. The largest absolute Gasteiger partial charge is 0.455 e. The molecule has 8 nitrogen and oxygen atoms in total. The summed E-state index contributed by atoms with van der Waals surface area (Å²) in [6.45, 7) is 0.152. The molecule has 0 aromatic rings. The van der Waals surface area contributed by atoms with Crippen molar-refractivity contribution in [3.63, 3.8) is 0 Å². The third-order valence-electron chi connectivity index (χ3n) is 4.65. The number of ether oxygens (including phenoxy) is 1. The van der Waals surface area contributed by atoms with E-state index in [1.54, 1.807) is 0 Å². The molecule has 0 aromatic carbocycles. The van der Waals surface area contributed by atoms with Crippen molar-refractivity contribution in [3.8, 4) is 6.07 Å². The topological polar surface area (TPSA) is 117 Å². The smallest absolute Gasteiger partial charge is 0.309 e. The van der Waals surface area contributed by atoms with Crippen molar-refractivity contribution in [2.75, 3.05) is 26.0 Å². The highest BCUT2D eigenvalue weighted by molar-refractivity contribution is 7.88. The fourth-order valence-corrected chi connectivity index (χ4v) is 4.10. The third-order valence-corrected chi connectivity index (χ3v) is 5.95. The SMILES string of the molecule is CS(=O)(=O)N1CCC(C(=O)OCC(=O)NC2(C#N)CCCC2)CC1. The minimum absolute atomic E-state index is 0.280. The number of nitrogens with one attached hydrogen (secondary N) is 1. The maximum Gasteiger partial charge on any atom is 0.309 e. The lowest BCUT2D eigenvalue weighted by Crippen LogP contribution is -2.47. The molecule has 9 heteroatoms. The van der Waals surface area contributed by atoms with Gasteiger partial charge in [-0.15, -0.1) is 0 Å². The van der Waals surface area contributed by atoms with E-state index in [9.17, 15) is 23.3 Å². The van der Waals surface area contributed by atoms with Gasteiger partial charge >= 0.3 is 5.97 Å². The van der Waals surface area contributed by atoms with Crippen LogP contribution in [0, 0.1) is 17.2 Å². The number of carbonyl (C=O) groups is 2. The van der Waals surface area contributed by atoms with Crippen LogP contribution in [0.25, 0.3) is 0 Å². The van der Waals surface area contributed by atoms with Crippen molar-refractivity contribution in [1.82, 2.24) is 9.62 Å². The highest BCUT2D eigenvalue weighted by Gasteiger charge is 2.36. The number of hydrogen-bond acceptors (Lipinski definition) is 6. The second-order valence-corrected chi connectivity index (χ2v) is 8.48. The highest BCUT2D eigenvalue weighted by Crippen LogP contribution is 2.28. The summed E-state index contributed by atoms with van der Waals surface area (Å²) in [5, 5.41) is 11.9. The Morgan fingerprint density at radius 2 is 1.88 bits per heavy atom. The van der Waals surface area contributed by atoms with E-state index in [1.807, 2.05) is 0 Å². The summed E-state index contributed by atoms with van der Waals surface area (Å²) in [5.41, 5.74) is -0.829. The van der Waals surface area contributed by atoms with Crippen LogP contribution in [0.2, 0.25) is 0 Å². The van der Waals surface area contributed by atoms with Crippen molar-refractivity contribution in [2.45, 2.75) is 44.1 Å². The Bertz CT molecular complexity index is 626. The fourth-order valence-electron chi connectivity index (χ4n) is 3.22. The fraction of sp³-hybridized carbons (Fsp3) is 0.800. The molecule has 1 saturated heterocycles. The molecule has 0 unspecified atom stereocenters. The molecule has 2 rings (SSSR count). The first kappa shape index (κ1) is 18.7. The van der Waals surface area contributed by atoms with Gasteiger partial charge in [-0.2, -0.15) is 5.26 Å². The monoisotopic (exact) mass is 357 g/mol. The van der Waals surface area contributed by atoms with Gasteiger partial charge in [0.25, 0.3) is 5.91 Å². The van der Waals surface area contributed by atoms with Crippen molar-refractivity contribution in [3.05, 3.63) is 0 Å². The van der Waals surface area contributed by atoms with E-state index in [2.05, 4.69) is 11.4 Å². The third kappa shape index (κ3) is 4.68. The highest BCUT2D eigenvalue weighted by atomic mass is 32.2. The van der Waals surface area contributed by atoms with Crippen molar-refractivity contribution in [2.24, 2.45) is 5.92 Å². The van der Waals surface area contributed by atoms with Crippen LogP contribution in [-0.4, -0.2) is 56.1 Å². The van der Waals surface area contributed by atoms with Crippen LogP contribution < -0.4 is 5.32 Å². The standard InChI is InChI=1S/C15H23N3O5S/c1-24(21,22)18-8-4-12(5-9-18)14(20)23-10-13(19)17-15(11-16)6-2-3-7-15/h12H,2-10H2,1H3,(H,17,19). The van der Waals surface area contributed by atoms with Gasteiger partial charge in [0, 0.05) is 13.1 Å². The summed E-state index contributed by atoms with van der Waals surface area (Å²) < 4.78 is 29.2. The Morgan fingerprint density at radius 1 is 1.29 bits per heavy atom. The van der Waals surface area contributed by atoms with Crippen molar-refractivity contribution >= 4 is 21.9 Å². The molecule has 1 aliphatic heterocycles. The van der Waals surface area contributed by atoms with Gasteiger partial charge in [-0.05, 0) is 38.5 Å². The van der Waals surface area contributed by atoms with Gasteiger partial charge in [0.15, 0.2) is 6.61 Å². The molecule has 0 bridgehead atoms. The number of nitrogens with zero attached hydrogens (tertiary/aromatic N) is 2. The molecule has 1 amide bonds. The van der Waals surface area contributed by atoms with Crippen LogP contribution >= 0.6 is 0 Å². The average Bonchev–Trinajstić information content (AvgIpc) is 3.01. The number of rotatable bonds is 5. The van der Waals surface area contributed by atoms with E-state index in [0.29, 0.717) is 25.7 Å². The maximum atomic E-state index is 12.0. The number of piperidine rings is 1. The zero-order valence-electron chi connectivity index (χ0n) is 13.8. The zero-order valence-corrected chi connectivity index (χ0v) is 14.6. The van der Waals surface area contributed by atoms with Crippen molar-refractivity contribution in [1.29, 1.82) is 5.26 Å². The number of hydrogen-bond donors (Lipinski definition) is 1. The molecule has 24 heavy (non-hydrogen) atoms. The normalized spacial score (nSPS) is 21.8. The Labute approximate surface area is 142 Å². The van der Waals surface area contributed by atoms with Gasteiger partial charge < -0.3 is 10.1 Å². The van der Waals surface area contributed by atoms with Crippen LogP contribution in [0.4, 0.5) is 0 Å². The molecule has 1 heterocycles. The lowest BCUT2D eigenvalue weighted by Gasteiger charge is -2.29. The van der Waals surface area contributed by atoms with Crippen LogP contribution in [0.15, 0.2) is 0 Å². The molecule has 0 radical (unpaired) electrons. The second kappa shape index (κ2) is 7.49. The minimum atomic E-state index is -3.24. The first-order valence-corrected chi connectivity index (χ1v) is 9.95. The lowest BCUT2D eigenvalue weighted by atomic mass is 9.98. The summed E-state index contributed by atoms with van der Waals surface area (Å²) in [7, 11) is -3.24. The maximum absolute atomic E-state index is 12.0. The quantitative estimate of drug-likeness (QED) is 0.700. The molecule has 134 valence electrons. The second-order valence-electron chi connectivity index (χ2n) is 6.49. The Hall–Kier alpha value is -1.66. The van der Waals surface area contributed by atoms with E-state index in [0.717, 1.165) is 19.1 Å². The summed E-state index contributed by atoms with van der Waals surface area (Å²) in [5.74, 6) is -1.36. The average molecular weight is 357 g/mol. The van der Waals surface area contributed by atoms with Gasteiger partial charge in [0.1, 0.15) is 5.54 Å². The van der Waals surface area contributed by atoms with E-state index < -0.39 is 40.0 Å². The van der Waals surface area contributed by atoms with Gasteiger partial charge in [-0.25, -0.2) is 12.7 Å². The van der Waals surface area contributed by atoms with Gasteiger partial charge in [0.05, 0.1) is 18.2 Å². The number of esters is 1. The van der Waals surface area contributed by atoms with Crippen LogP contribution in [0.5, 0.6) is 0 Å². The molecule has 1 aliphatic carbocycles. The van der Waals surface area contributed by atoms with Crippen LogP contribution in [-0.2, 0) is 24.3 Å². The summed E-state index contributed by atoms with van der Waals surface area (Å²) in [6, 6.07) is 2.14. The van der Waals surface area contributed by atoms with E-state index in [1.165, 1.54) is 4.31 Å². The van der Waals surface area contributed by atoms with E-state index >= 15 is 0 Å². The summed E-state index contributed by atoms with van der Waals surface area (Å²) in [6.07, 6.45) is 4.94. The molecule has 1 saturated carbocycles. The predicted molar refractivity (Wildman–Crippen MR) is 85.1 cm³/mol. The molecule has 0 aromatic heterocycles. The number of amides is 1. The van der Waals surface area contributed by atoms with Gasteiger partial charge in [-0.3, -0.25) is 9.59 Å². The summed E-state index contributed by atoms with van der Waals surface area (Å²) >= 11 is 0. The molecular formula is C15H23N3O5S. The van der Waals surface area contributed by atoms with E-state index in [4.69, 9.17) is 4.74 Å². The van der Waals surface area contributed by atoms with Gasteiger partial charge in [-0.1, -0.05) is 0 Å². The first-order chi connectivity index (χ1) is 11.3. The zero-order chi connectivity index (χ0) is 17.8. The first-order valence-electron chi connectivity index (χ1n) is 8.10. The number of carbonyl (C=O) groups excluding carboxylic acids is 2. The molecule has 2 aliphatic rings. The predicted octanol–water partition coefficient (Wildman–Crippen LogP) is 0.154. The van der Waals surface area contributed by atoms with Crippen LogP contribution in [0.1, 0.15) is 38.5 Å². The summed E-state index contributed by atoms with van der Waals surface area (Å²) in [4.78, 5) is 23.9. The minimum Gasteiger partial charge on any atom is -0.455 e. The number of sulfonamides is 1. The molecule has 2 fully saturated rings. The van der Waals surface area contributed by atoms with Crippen molar-refractivity contribution < 1.29 is 22.7 Å². The van der Waals surface area contributed by atoms with E-state index in [-0.39, 0.29) is 13.1 Å². The lowest BCUT2D eigenvalue weighted by molar-refractivity contribution is -0.154.